The summed E-state index contributed by atoms with van der Waals surface area (Å²) in [6, 6.07) is 0. The molecule has 4 nitrogen and oxygen atoms in total. The van der Waals surface area contributed by atoms with Crippen molar-refractivity contribution in [3.05, 3.63) is 0 Å². The Labute approximate surface area is 150 Å². The summed E-state index contributed by atoms with van der Waals surface area (Å²) in [6.45, 7) is 3.75. The van der Waals surface area contributed by atoms with Crippen LogP contribution in [0.1, 0.15) is 71.6 Å². The number of ether oxygens (including phenoxy) is 2. The Kier molecular flexibility index (Phi) is 13.6. The summed E-state index contributed by atoms with van der Waals surface area (Å²) in [5.74, 6) is -0.679. The molecule has 0 aliphatic heterocycles. The van der Waals surface area contributed by atoms with E-state index in [0.717, 1.165) is 31.6 Å². The normalized spacial score (nSPS) is 11.3. The van der Waals surface area contributed by atoms with Gasteiger partial charge in [-0.15, -0.1) is 11.6 Å². The Hall–Kier alpha value is -0.480. The fourth-order valence-electron chi connectivity index (χ4n) is 2.30. The lowest BCUT2D eigenvalue weighted by Gasteiger charge is -2.22. The van der Waals surface area contributed by atoms with Crippen LogP contribution in [0.2, 0.25) is 0 Å². The minimum atomic E-state index is -1.70. The van der Waals surface area contributed by atoms with Crippen LogP contribution in [0.5, 0.6) is 0 Å². The number of carbonyl (C=O) groups excluding carboxylic acids is 2. The van der Waals surface area contributed by atoms with Gasteiger partial charge in [-0.05, 0) is 26.7 Å². The molecule has 0 atom stereocenters. The standard InChI is InChI=1S/C17H30Cl2O4/c1-3-22-15(20)17(19,16(21)23-4-2)13-11-9-7-5-6-8-10-12-14-18/h3-14H2,1-2H3. The van der Waals surface area contributed by atoms with Crippen molar-refractivity contribution in [1.29, 1.82) is 0 Å². The molecule has 0 saturated heterocycles. The Morgan fingerprint density at radius 3 is 1.57 bits per heavy atom. The molecule has 0 amide bonds. The van der Waals surface area contributed by atoms with Crippen LogP contribution in [-0.4, -0.2) is 35.9 Å². The van der Waals surface area contributed by atoms with E-state index in [1.54, 1.807) is 13.8 Å². The van der Waals surface area contributed by atoms with Crippen molar-refractivity contribution in [3.63, 3.8) is 0 Å². The molecule has 0 saturated carbocycles. The average Bonchev–Trinajstić information content (AvgIpc) is 2.53. The Morgan fingerprint density at radius 2 is 1.17 bits per heavy atom. The quantitative estimate of drug-likeness (QED) is 0.190. The van der Waals surface area contributed by atoms with Crippen molar-refractivity contribution in [3.8, 4) is 0 Å². The first-order chi connectivity index (χ1) is 11.0. The fraction of sp³-hybridized carbons (Fsp3) is 0.882. The van der Waals surface area contributed by atoms with Gasteiger partial charge in [0.2, 0.25) is 4.87 Å². The molecule has 6 heteroatoms. The predicted octanol–water partition coefficient (Wildman–Crippen LogP) is 4.84. The lowest BCUT2D eigenvalue weighted by molar-refractivity contribution is -0.159. The Morgan fingerprint density at radius 1 is 0.783 bits per heavy atom. The molecular weight excluding hydrogens is 339 g/mol. The molecule has 0 radical (unpaired) electrons. The zero-order chi connectivity index (χ0) is 17.6. The van der Waals surface area contributed by atoms with Crippen molar-refractivity contribution < 1.29 is 19.1 Å². The smallest absolute Gasteiger partial charge is 0.338 e. The van der Waals surface area contributed by atoms with E-state index in [4.69, 9.17) is 32.7 Å². The third-order valence-electron chi connectivity index (χ3n) is 3.60. The van der Waals surface area contributed by atoms with E-state index in [0.29, 0.717) is 6.42 Å². The molecule has 23 heavy (non-hydrogen) atoms. The molecule has 0 heterocycles. The average molecular weight is 369 g/mol. The van der Waals surface area contributed by atoms with Gasteiger partial charge in [-0.2, -0.15) is 0 Å². The Bertz CT molecular complexity index is 317. The second kappa shape index (κ2) is 13.9. The van der Waals surface area contributed by atoms with Gasteiger partial charge < -0.3 is 9.47 Å². The van der Waals surface area contributed by atoms with E-state index < -0.39 is 16.8 Å². The van der Waals surface area contributed by atoms with Gasteiger partial charge in [0.1, 0.15) is 0 Å². The monoisotopic (exact) mass is 368 g/mol. The molecule has 136 valence electrons. The molecule has 0 fully saturated rings. The van der Waals surface area contributed by atoms with Crippen LogP contribution in [0.25, 0.3) is 0 Å². The van der Waals surface area contributed by atoms with Crippen LogP contribution in [0.4, 0.5) is 0 Å². The van der Waals surface area contributed by atoms with Gasteiger partial charge in [-0.1, -0.05) is 56.5 Å². The van der Waals surface area contributed by atoms with E-state index in [-0.39, 0.29) is 19.6 Å². The molecule has 0 aromatic carbocycles. The van der Waals surface area contributed by atoms with Gasteiger partial charge in [-0.25, -0.2) is 9.59 Å². The highest BCUT2D eigenvalue weighted by molar-refractivity contribution is 6.44. The van der Waals surface area contributed by atoms with Crippen molar-refractivity contribution in [1.82, 2.24) is 0 Å². The molecule has 0 aliphatic rings. The van der Waals surface area contributed by atoms with E-state index in [2.05, 4.69) is 0 Å². The maximum Gasteiger partial charge on any atom is 0.338 e. The number of alkyl halides is 2. The number of halogens is 2. The predicted molar refractivity (Wildman–Crippen MR) is 94.1 cm³/mol. The van der Waals surface area contributed by atoms with E-state index in [1.807, 2.05) is 0 Å². The van der Waals surface area contributed by atoms with E-state index in [1.165, 1.54) is 19.3 Å². The molecule has 0 unspecified atom stereocenters. The number of hydrogen-bond donors (Lipinski definition) is 0. The first-order valence-electron chi connectivity index (χ1n) is 8.62. The minimum absolute atomic E-state index is 0.189. The van der Waals surface area contributed by atoms with Crippen molar-refractivity contribution in [2.24, 2.45) is 0 Å². The lowest BCUT2D eigenvalue weighted by Crippen LogP contribution is -2.44. The van der Waals surface area contributed by atoms with Crippen molar-refractivity contribution in [2.45, 2.75) is 76.5 Å². The third-order valence-corrected chi connectivity index (χ3v) is 4.37. The molecule has 0 aliphatic carbocycles. The summed E-state index contributed by atoms with van der Waals surface area (Å²) in [6.07, 6.45) is 8.76. The van der Waals surface area contributed by atoms with E-state index in [9.17, 15) is 9.59 Å². The highest BCUT2D eigenvalue weighted by Crippen LogP contribution is 2.27. The van der Waals surface area contributed by atoms with Gasteiger partial charge >= 0.3 is 11.9 Å². The van der Waals surface area contributed by atoms with Crippen LogP contribution >= 0.6 is 23.2 Å². The fourth-order valence-corrected chi connectivity index (χ4v) is 2.73. The Balaban J connectivity index is 4.11. The zero-order valence-corrected chi connectivity index (χ0v) is 15.9. The lowest BCUT2D eigenvalue weighted by atomic mass is 9.99. The molecule has 0 aromatic rings. The number of hydrogen-bond acceptors (Lipinski definition) is 4. The minimum Gasteiger partial charge on any atom is -0.464 e. The van der Waals surface area contributed by atoms with Crippen LogP contribution in [0.15, 0.2) is 0 Å². The highest BCUT2D eigenvalue weighted by Gasteiger charge is 2.46. The van der Waals surface area contributed by atoms with Crippen LogP contribution < -0.4 is 0 Å². The van der Waals surface area contributed by atoms with Gasteiger partial charge in [0.15, 0.2) is 0 Å². The molecule has 0 aromatic heterocycles. The highest BCUT2D eigenvalue weighted by atomic mass is 35.5. The van der Waals surface area contributed by atoms with Crippen LogP contribution in [-0.2, 0) is 19.1 Å². The number of rotatable bonds is 14. The number of esters is 2. The summed E-state index contributed by atoms with van der Waals surface area (Å²) in [5.41, 5.74) is 0. The van der Waals surface area contributed by atoms with E-state index >= 15 is 0 Å². The van der Waals surface area contributed by atoms with Crippen LogP contribution in [0, 0.1) is 0 Å². The summed E-state index contributed by atoms with van der Waals surface area (Å²) < 4.78 is 9.85. The summed E-state index contributed by atoms with van der Waals surface area (Å²) in [4.78, 5) is 22.3. The second-order valence-corrected chi connectivity index (χ2v) is 6.53. The maximum atomic E-state index is 12.0. The van der Waals surface area contributed by atoms with Crippen molar-refractivity contribution >= 4 is 35.1 Å². The van der Waals surface area contributed by atoms with Gasteiger partial charge in [0.05, 0.1) is 13.2 Å². The van der Waals surface area contributed by atoms with Crippen LogP contribution in [0.3, 0.4) is 0 Å². The topological polar surface area (TPSA) is 52.6 Å². The zero-order valence-electron chi connectivity index (χ0n) is 14.4. The van der Waals surface area contributed by atoms with Crippen molar-refractivity contribution in [2.75, 3.05) is 19.1 Å². The molecule has 0 bridgehead atoms. The van der Waals surface area contributed by atoms with Gasteiger partial charge in [-0.3, -0.25) is 0 Å². The molecule has 0 rings (SSSR count). The summed E-state index contributed by atoms with van der Waals surface area (Å²) in [7, 11) is 0. The first-order valence-corrected chi connectivity index (χ1v) is 9.53. The number of unbranched alkanes of at least 4 members (excludes halogenated alkanes) is 7. The van der Waals surface area contributed by atoms with Gasteiger partial charge in [0.25, 0.3) is 0 Å². The third kappa shape index (κ3) is 9.41. The SMILES string of the molecule is CCOC(=O)C(Cl)(CCCCCCCCCCCl)C(=O)OCC. The second-order valence-electron chi connectivity index (χ2n) is 5.51. The first kappa shape index (κ1) is 22.5. The maximum absolute atomic E-state index is 12.0. The molecule has 0 spiro atoms. The number of carbonyl (C=O) groups is 2. The summed E-state index contributed by atoms with van der Waals surface area (Å²) >= 11 is 11.9. The molecule has 0 N–H and O–H groups in total. The summed E-state index contributed by atoms with van der Waals surface area (Å²) in [5, 5.41) is 0. The molecular formula is C17H30Cl2O4. The van der Waals surface area contributed by atoms with Gasteiger partial charge in [0, 0.05) is 5.88 Å². The largest absolute Gasteiger partial charge is 0.464 e.